The second kappa shape index (κ2) is 5.85. The summed E-state index contributed by atoms with van der Waals surface area (Å²) in [4.78, 5) is 17.2. The van der Waals surface area contributed by atoms with E-state index >= 15 is 0 Å². The summed E-state index contributed by atoms with van der Waals surface area (Å²) in [5.74, 6) is 0.178. The zero-order valence-electron chi connectivity index (χ0n) is 13.0. The lowest BCUT2D eigenvalue weighted by Gasteiger charge is -2.11. The highest BCUT2D eigenvalue weighted by atomic mass is 32.2. The summed E-state index contributed by atoms with van der Waals surface area (Å²) in [6, 6.07) is 12.2. The molecule has 1 aromatic carbocycles. The van der Waals surface area contributed by atoms with Gasteiger partial charge < -0.3 is 0 Å². The number of hydrogen-bond donors (Lipinski definition) is 0. The van der Waals surface area contributed by atoms with Crippen LogP contribution in [-0.2, 0) is 12.8 Å². The van der Waals surface area contributed by atoms with Crippen molar-refractivity contribution < 1.29 is 4.79 Å². The lowest BCUT2D eigenvalue weighted by Crippen LogP contribution is -2.14. The van der Waals surface area contributed by atoms with Gasteiger partial charge in [0.1, 0.15) is 0 Å². The lowest BCUT2D eigenvalue weighted by atomic mass is 10.0. The molecule has 1 aliphatic carbocycles. The Balaban J connectivity index is 1.56. The maximum atomic E-state index is 12.7. The van der Waals surface area contributed by atoms with Crippen molar-refractivity contribution in [1.82, 2.24) is 9.38 Å². The standard InChI is InChI=1S/C19H18N2OS/c1-13(23-19-20-12-17-7-2-3-10-21(17)19)18(22)16-9-8-14-5-4-6-15(14)11-16/h2-3,7-13H,4-6H2,1H3/t13-/m0/s1. The molecule has 0 radical (unpaired) electrons. The van der Waals surface area contributed by atoms with Gasteiger partial charge in [0.05, 0.1) is 17.0 Å². The smallest absolute Gasteiger partial charge is 0.176 e. The summed E-state index contributed by atoms with van der Waals surface area (Å²) in [6.45, 7) is 1.96. The Bertz CT molecular complexity index is 884. The van der Waals surface area contributed by atoms with Crippen molar-refractivity contribution in [3.63, 3.8) is 0 Å². The summed E-state index contributed by atoms with van der Waals surface area (Å²) in [5, 5.41) is 0.711. The minimum atomic E-state index is -0.153. The van der Waals surface area contributed by atoms with E-state index in [0.717, 1.165) is 29.1 Å². The number of benzene rings is 1. The van der Waals surface area contributed by atoms with E-state index in [9.17, 15) is 4.79 Å². The molecule has 0 N–H and O–H groups in total. The van der Waals surface area contributed by atoms with E-state index in [1.165, 1.54) is 29.3 Å². The van der Waals surface area contributed by atoms with Gasteiger partial charge in [-0.05, 0) is 55.5 Å². The molecule has 4 rings (SSSR count). The summed E-state index contributed by atoms with van der Waals surface area (Å²) in [5.41, 5.74) is 4.62. The molecule has 23 heavy (non-hydrogen) atoms. The summed E-state index contributed by atoms with van der Waals surface area (Å²) >= 11 is 1.52. The van der Waals surface area contributed by atoms with Gasteiger partial charge in [0.25, 0.3) is 0 Å². The van der Waals surface area contributed by atoms with Crippen molar-refractivity contribution in [1.29, 1.82) is 0 Å². The minimum Gasteiger partial charge on any atom is -0.295 e. The van der Waals surface area contributed by atoms with Crippen molar-refractivity contribution in [2.75, 3.05) is 0 Å². The van der Waals surface area contributed by atoms with Gasteiger partial charge >= 0.3 is 0 Å². The molecule has 0 unspecified atom stereocenters. The number of pyridine rings is 1. The van der Waals surface area contributed by atoms with Crippen LogP contribution < -0.4 is 0 Å². The highest BCUT2D eigenvalue weighted by molar-refractivity contribution is 8.00. The fourth-order valence-electron chi connectivity index (χ4n) is 3.18. The molecular formula is C19H18N2OS. The number of nitrogens with zero attached hydrogens (tertiary/aromatic N) is 2. The van der Waals surface area contributed by atoms with Crippen LogP contribution in [0.1, 0.15) is 34.8 Å². The number of aryl methyl sites for hydroxylation is 2. The third kappa shape index (κ3) is 2.68. The predicted molar refractivity (Wildman–Crippen MR) is 93.3 cm³/mol. The molecule has 3 nitrogen and oxygen atoms in total. The first-order valence-corrected chi connectivity index (χ1v) is 8.85. The Labute approximate surface area is 139 Å². The number of hydrogen-bond acceptors (Lipinski definition) is 3. The van der Waals surface area contributed by atoms with E-state index in [2.05, 4.69) is 17.1 Å². The molecule has 116 valence electrons. The molecule has 0 spiro atoms. The van der Waals surface area contributed by atoms with Crippen molar-refractivity contribution >= 4 is 23.1 Å². The van der Waals surface area contributed by atoms with E-state index in [-0.39, 0.29) is 11.0 Å². The van der Waals surface area contributed by atoms with Gasteiger partial charge in [0.2, 0.25) is 0 Å². The van der Waals surface area contributed by atoms with Crippen molar-refractivity contribution in [2.24, 2.45) is 0 Å². The van der Waals surface area contributed by atoms with Crippen LogP contribution >= 0.6 is 11.8 Å². The molecule has 2 heterocycles. The zero-order chi connectivity index (χ0) is 15.8. The number of rotatable bonds is 4. The number of thioether (sulfide) groups is 1. The van der Waals surface area contributed by atoms with Crippen LogP contribution in [0.2, 0.25) is 0 Å². The predicted octanol–water partition coefficient (Wildman–Crippen LogP) is 4.19. The quantitative estimate of drug-likeness (QED) is 0.534. The molecule has 4 heteroatoms. The van der Waals surface area contributed by atoms with Gasteiger partial charge in [0, 0.05) is 11.8 Å². The third-order valence-electron chi connectivity index (χ3n) is 4.44. The average molecular weight is 322 g/mol. The van der Waals surface area contributed by atoms with Crippen LogP contribution in [0.15, 0.2) is 53.9 Å². The Hall–Kier alpha value is -2.07. The molecule has 0 saturated heterocycles. The maximum Gasteiger partial charge on any atom is 0.176 e. The molecule has 0 saturated carbocycles. The van der Waals surface area contributed by atoms with Crippen LogP contribution in [-0.4, -0.2) is 20.4 Å². The molecule has 2 aromatic heterocycles. The minimum absolute atomic E-state index is 0.153. The fourth-order valence-corrected chi connectivity index (χ4v) is 4.13. The highest BCUT2D eigenvalue weighted by Gasteiger charge is 2.20. The third-order valence-corrected chi connectivity index (χ3v) is 5.52. The molecule has 0 bridgehead atoms. The Morgan fingerprint density at radius 2 is 2.09 bits per heavy atom. The monoisotopic (exact) mass is 322 g/mol. The van der Waals surface area contributed by atoms with E-state index in [1.54, 1.807) is 0 Å². The van der Waals surface area contributed by atoms with Gasteiger partial charge in [-0.1, -0.05) is 30.0 Å². The number of Topliss-reactive ketones (excluding diaryl/α,β-unsaturated/α-hetero) is 1. The first-order valence-electron chi connectivity index (χ1n) is 7.97. The Morgan fingerprint density at radius 1 is 1.22 bits per heavy atom. The molecule has 0 fully saturated rings. The van der Waals surface area contributed by atoms with Crippen LogP contribution in [0.5, 0.6) is 0 Å². The first kappa shape index (κ1) is 14.5. The number of imidazole rings is 1. The topological polar surface area (TPSA) is 34.4 Å². The van der Waals surface area contributed by atoms with Crippen LogP contribution in [0.25, 0.3) is 5.52 Å². The molecule has 1 atom stereocenters. The second-order valence-electron chi connectivity index (χ2n) is 6.00. The van der Waals surface area contributed by atoms with E-state index in [1.807, 2.05) is 48.0 Å². The zero-order valence-corrected chi connectivity index (χ0v) is 13.8. The fraction of sp³-hybridized carbons (Fsp3) is 0.263. The van der Waals surface area contributed by atoms with Crippen LogP contribution in [0.4, 0.5) is 0 Å². The largest absolute Gasteiger partial charge is 0.295 e. The molecule has 1 aliphatic rings. The van der Waals surface area contributed by atoms with Crippen molar-refractivity contribution in [3.05, 3.63) is 65.5 Å². The maximum absolute atomic E-state index is 12.7. The average Bonchev–Trinajstić information content (AvgIpc) is 3.20. The molecule has 0 amide bonds. The van der Waals surface area contributed by atoms with Gasteiger partial charge in [-0.15, -0.1) is 0 Å². The van der Waals surface area contributed by atoms with Gasteiger partial charge in [0.15, 0.2) is 10.9 Å². The van der Waals surface area contributed by atoms with E-state index < -0.39 is 0 Å². The molecule has 0 aliphatic heterocycles. The Kier molecular flexibility index (Phi) is 3.69. The summed E-state index contributed by atoms with van der Waals surface area (Å²) < 4.78 is 2.02. The van der Waals surface area contributed by atoms with Crippen LogP contribution in [0.3, 0.4) is 0 Å². The number of carbonyl (C=O) groups excluding carboxylic acids is 1. The van der Waals surface area contributed by atoms with Gasteiger partial charge in [-0.25, -0.2) is 4.98 Å². The SMILES string of the molecule is C[C@H](Sc1ncc2ccccn12)C(=O)c1ccc2c(c1)CCC2. The van der Waals surface area contributed by atoms with Crippen molar-refractivity contribution in [3.8, 4) is 0 Å². The summed E-state index contributed by atoms with van der Waals surface area (Å²) in [7, 11) is 0. The highest BCUT2D eigenvalue weighted by Crippen LogP contribution is 2.28. The first-order chi connectivity index (χ1) is 11.2. The lowest BCUT2D eigenvalue weighted by molar-refractivity contribution is 0.0994. The number of aromatic nitrogens is 2. The van der Waals surface area contributed by atoms with Gasteiger partial charge in [-0.2, -0.15) is 0 Å². The number of carbonyl (C=O) groups is 1. The number of fused-ring (bicyclic) bond motifs is 2. The number of ketones is 1. The van der Waals surface area contributed by atoms with Gasteiger partial charge in [-0.3, -0.25) is 9.20 Å². The normalized spacial score (nSPS) is 14.8. The van der Waals surface area contributed by atoms with E-state index in [4.69, 9.17) is 0 Å². The molecule has 3 aromatic rings. The van der Waals surface area contributed by atoms with Crippen LogP contribution in [0, 0.1) is 0 Å². The Morgan fingerprint density at radius 3 is 3.00 bits per heavy atom. The molecular weight excluding hydrogens is 304 g/mol. The van der Waals surface area contributed by atoms with E-state index in [0.29, 0.717) is 0 Å². The summed E-state index contributed by atoms with van der Waals surface area (Å²) in [6.07, 6.45) is 7.28. The van der Waals surface area contributed by atoms with Crippen molar-refractivity contribution in [2.45, 2.75) is 36.6 Å². The second-order valence-corrected chi connectivity index (χ2v) is 7.31.